The SMILES string of the molecule is C=C1/C=C(/OC)CC/C=C\C/C(OC)=C\C(c2csc(NC(C)C)n2)=N1. The van der Waals surface area contributed by atoms with Gasteiger partial charge in [-0.15, -0.1) is 11.3 Å². The summed E-state index contributed by atoms with van der Waals surface area (Å²) < 4.78 is 10.9. The predicted molar refractivity (Wildman–Crippen MR) is 110 cm³/mol. The van der Waals surface area contributed by atoms with Gasteiger partial charge in [0.25, 0.3) is 0 Å². The van der Waals surface area contributed by atoms with Crippen LogP contribution < -0.4 is 5.32 Å². The van der Waals surface area contributed by atoms with Gasteiger partial charge in [0.05, 0.1) is 31.4 Å². The van der Waals surface area contributed by atoms with Crippen LogP contribution in [-0.2, 0) is 9.47 Å². The molecule has 0 radical (unpaired) electrons. The fourth-order valence-electron chi connectivity index (χ4n) is 2.37. The van der Waals surface area contributed by atoms with E-state index in [9.17, 15) is 0 Å². The molecule has 1 aromatic heterocycles. The largest absolute Gasteiger partial charge is 0.501 e. The van der Waals surface area contributed by atoms with E-state index in [4.69, 9.17) is 9.47 Å². The van der Waals surface area contributed by atoms with Crippen LogP contribution in [0.4, 0.5) is 5.13 Å². The second-order valence-corrected chi connectivity index (χ2v) is 7.03. The fourth-order valence-corrected chi connectivity index (χ4v) is 3.22. The van der Waals surface area contributed by atoms with Crippen LogP contribution in [0, 0.1) is 0 Å². The van der Waals surface area contributed by atoms with Gasteiger partial charge in [0.1, 0.15) is 11.5 Å². The zero-order chi connectivity index (χ0) is 18.9. The van der Waals surface area contributed by atoms with Crippen molar-refractivity contribution in [2.45, 2.75) is 39.2 Å². The number of thiazole rings is 1. The molecule has 2 heterocycles. The summed E-state index contributed by atoms with van der Waals surface area (Å²) in [5, 5.41) is 6.18. The van der Waals surface area contributed by atoms with Crippen LogP contribution in [-0.4, -0.2) is 31.0 Å². The van der Waals surface area contributed by atoms with Crippen molar-refractivity contribution in [2.24, 2.45) is 4.99 Å². The molecule has 26 heavy (non-hydrogen) atoms. The van der Waals surface area contributed by atoms with Crippen molar-refractivity contribution in [3.63, 3.8) is 0 Å². The number of anilines is 1. The topological polar surface area (TPSA) is 55.7 Å². The van der Waals surface area contributed by atoms with Gasteiger partial charge in [0, 0.05) is 36.4 Å². The van der Waals surface area contributed by atoms with Crippen molar-refractivity contribution in [3.05, 3.63) is 59.2 Å². The van der Waals surface area contributed by atoms with Crippen molar-refractivity contribution in [2.75, 3.05) is 19.5 Å². The molecule has 0 saturated heterocycles. The molecule has 2 rings (SSSR count). The van der Waals surface area contributed by atoms with E-state index in [1.54, 1.807) is 25.6 Å². The zero-order valence-corrected chi connectivity index (χ0v) is 16.7. The number of hydrogen-bond donors (Lipinski definition) is 1. The van der Waals surface area contributed by atoms with Crippen LogP contribution in [0.2, 0.25) is 0 Å². The quantitative estimate of drug-likeness (QED) is 0.732. The minimum absolute atomic E-state index is 0.324. The van der Waals surface area contributed by atoms with Gasteiger partial charge in [0.2, 0.25) is 0 Å². The smallest absolute Gasteiger partial charge is 0.183 e. The first kappa shape index (κ1) is 20.0. The first-order chi connectivity index (χ1) is 12.5. The number of aliphatic imine (C=N–C) groups is 1. The monoisotopic (exact) mass is 373 g/mol. The highest BCUT2D eigenvalue weighted by Gasteiger charge is 2.11. The number of methoxy groups -OCH3 is 2. The van der Waals surface area contributed by atoms with Crippen LogP contribution in [0.15, 0.2) is 58.5 Å². The Labute approximate surface area is 159 Å². The maximum Gasteiger partial charge on any atom is 0.183 e. The average Bonchev–Trinajstić information content (AvgIpc) is 3.04. The Balaban J connectivity index is 2.42. The minimum atomic E-state index is 0.324. The van der Waals surface area contributed by atoms with Crippen LogP contribution >= 0.6 is 11.3 Å². The molecule has 0 spiro atoms. The van der Waals surface area contributed by atoms with Crippen molar-refractivity contribution in [1.29, 1.82) is 0 Å². The number of rotatable bonds is 5. The standard InChI is InChI=1S/C20H27N3O2S/c1-14(2)21-20-23-19(13-26-20)18-12-17(25-5)10-8-6-7-9-16(24-4)11-15(3)22-18/h6,8,11-14H,3,7,9-10H2,1-2,4-5H3,(H,21,23)/b8-6-,16-11+,17-12+,22-18?. The van der Waals surface area contributed by atoms with E-state index in [2.05, 4.69) is 47.9 Å². The first-order valence-electron chi connectivity index (χ1n) is 8.66. The molecule has 0 saturated carbocycles. The van der Waals surface area contributed by atoms with Crippen molar-refractivity contribution in [1.82, 2.24) is 4.98 Å². The van der Waals surface area contributed by atoms with E-state index < -0.39 is 0 Å². The maximum atomic E-state index is 5.52. The van der Waals surface area contributed by atoms with E-state index >= 15 is 0 Å². The number of ether oxygens (including phenoxy) is 2. The third kappa shape index (κ3) is 6.19. The molecule has 5 nitrogen and oxygen atoms in total. The summed E-state index contributed by atoms with van der Waals surface area (Å²) in [5.74, 6) is 1.69. The lowest BCUT2D eigenvalue weighted by molar-refractivity contribution is 0.277. The second kappa shape index (κ2) is 9.97. The number of nitrogens with zero attached hydrogens (tertiary/aromatic N) is 2. The van der Waals surface area contributed by atoms with Crippen LogP contribution in [0.25, 0.3) is 0 Å². The lowest BCUT2D eigenvalue weighted by Crippen LogP contribution is -2.10. The zero-order valence-electron chi connectivity index (χ0n) is 15.9. The van der Waals surface area contributed by atoms with E-state index in [-0.39, 0.29) is 0 Å². The average molecular weight is 374 g/mol. The third-order valence-electron chi connectivity index (χ3n) is 3.64. The highest BCUT2D eigenvalue weighted by molar-refractivity contribution is 7.13. The van der Waals surface area contributed by atoms with Gasteiger partial charge in [0.15, 0.2) is 5.13 Å². The Kier molecular flexibility index (Phi) is 7.66. The molecule has 0 aromatic carbocycles. The molecule has 1 aliphatic rings. The molecule has 6 heteroatoms. The molecular formula is C20H27N3O2S. The molecule has 1 aliphatic heterocycles. The van der Waals surface area contributed by atoms with Gasteiger partial charge in [-0.1, -0.05) is 18.7 Å². The summed E-state index contributed by atoms with van der Waals surface area (Å²) in [4.78, 5) is 9.32. The Morgan fingerprint density at radius 3 is 2.62 bits per heavy atom. The Hall–Kier alpha value is -2.34. The van der Waals surface area contributed by atoms with Gasteiger partial charge in [-0.3, -0.25) is 0 Å². The molecular weight excluding hydrogens is 346 g/mol. The van der Waals surface area contributed by atoms with E-state index in [1.807, 2.05) is 17.5 Å². The molecule has 1 N–H and O–H groups in total. The van der Waals surface area contributed by atoms with E-state index in [1.165, 1.54) is 0 Å². The second-order valence-electron chi connectivity index (χ2n) is 6.17. The fraction of sp³-hybridized carbons (Fsp3) is 0.400. The summed E-state index contributed by atoms with van der Waals surface area (Å²) in [6, 6.07) is 0.324. The molecule has 0 fully saturated rings. The van der Waals surface area contributed by atoms with Crippen molar-refractivity contribution >= 4 is 22.2 Å². The number of hydrogen-bond acceptors (Lipinski definition) is 6. The molecule has 0 unspecified atom stereocenters. The van der Waals surface area contributed by atoms with Crippen LogP contribution in [0.1, 0.15) is 38.8 Å². The normalized spacial score (nSPS) is 21.4. The number of aromatic nitrogens is 1. The lowest BCUT2D eigenvalue weighted by Gasteiger charge is -2.08. The Morgan fingerprint density at radius 1 is 1.15 bits per heavy atom. The summed E-state index contributed by atoms with van der Waals surface area (Å²) in [6.07, 6.45) is 10.4. The summed E-state index contributed by atoms with van der Waals surface area (Å²) >= 11 is 1.56. The minimum Gasteiger partial charge on any atom is -0.501 e. The Morgan fingerprint density at radius 2 is 1.92 bits per heavy atom. The van der Waals surface area contributed by atoms with Crippen molar-refractivity contribution < 1.29 is 9.47 Å². The van der Waals surface area contributed by atoms with E-state index in [0.717, 1.165) is 40.9 Å². The van der Waals surface area contributed by atoms with Gasteiger partial charge in [-0.05, 0) is 20.3 Å². The summed E-state index contributed by atoms with van der Waals surface area (Å²) in [5.41, 5.74) is 2.14. The van der Waals surface area contributed by atoms with Gasteiger partial charge in [-0.2, -0.15) is 0 Å². The van der Waals surface area contributed by atoms with Gasteiger partial charge < -0.3 is 14.8 Å². The highest BCUT2D eigenvalue weighted by atomic mass is 32.1. The summed E-state index contributed by atoms with van der Waals surface area (Å²) in [6.45, 7) is 8.22. The lowest BCUT2D eigenvalue weighted by atomic mass is 10.1. The maximum absolute atomic E-state index is 5.52. The van der Waals surface area contributed by atoms with E-state index in [0.29, 0.717) is 18.2 Å². The first-order valence-corrected chi connectivity index (χ1v) is 9.54. The van der Waals surface area contributed by atoms with Crippen LogP contribution in [0.5, 0.6) is 0 Å². The summed E-state index contributed by atoms with van der Waals surface area (Å²) in [7, 11) is 3.35. The Bertz CT molecular complexity index is 742. The molecule has 0 aliphatic carbocycles. The molecule has 0 atom stereocenters. The van der Waals surface area contributed by atoms with Gasteiger partial charge >= 0.3 is 0 Å². The molecule has 140 valence electrons. The molecule has 1 aromatic rings. The van der Waals surface area contributed by atoms with Crippen molar-refractivity contribution in [3.8, 4) is 0 Å². The highest BCUT2D eigenvalue weighted by Crippen LogP contribution is 2.20. The van der Waals surface area contributed by atoms with Crippen LogP contribution in [0.3, 0.4) is 0 Å². The molecule has 0 amide bonds. The van der Waals surface area contributed by atoms with Gasteiger partial charge in [-0.25, -0.2) is 9.98 Å². The molecule has 0 bridgehead atoms. The number of nitrogens with one attached hydrogen (secondary N) is 1. The number of allylic oxidation sites excluding steroid dienone is 5. The third-order valence-corrected chi connectivity index (χ3v) is 4.41. The predicted octanol–water partition coefficient (Wildman–Crippen LogP) is 5.07.